The average Bonchev–Trinajstić information content (AvgIpc) is 2.88. The van der Waals surface area contributed by atoms with E-state index in [0.29, 0.717) is 0 Å². The molecule has 1 aliphatic heterocycles. The maximum Gasteiger partial charge on any atom is 0.342 e. The zero-order valence-electron chi connectivity index (χ0n) is 13.7. The molecule has 1 aromatic heterocycles. The number of H-pyrrole nitrogens is 1. The van der Waals surface area contributed by atoms with Crippen LogP contribution < -0.4 is 11.2 Å². The molecule has 1 fully saturated rings. The second kappa shape index (κ2) is 7.23. The Hall–Kier alpha value is -3.15. The lowest BCUT2D eigenvalue weighted by Crippen LogP contribution is -2.37. The number of esters is 1. The van der Waals surface area contributed by atoms with Crippen molar-refractivity contribution in [3.05, 3.63) is 56.9 Å². The summed E-state index contributed by atoms with van der Waals surface area (Å²) >= 11 is 0. The summed E-state index contributed by atoms with van der Waals surface area (Å²) in [5.74, 6) is -1.68. The number of aromatic amines is 1. The molecule has 0 saturated carbocycles. The van der Waals surface area contributed by atoms with Crippen molar-refractivity contribution in [1.29, 1.82) is 0 Å². The van der Waals surface area contributed by atoms with E-state index in [1.807, 2.05) is 4.98 Å². The van der Waals surface area contributed by atoms with E-state index in [1.54, 1.807) is 0 Å². The predicted octanol–water partition coefficient (Wildman–Crippen LogP) is -1.58. The van der Waals surface area contributed by atoms with Gasteiger partial charge in [0, 0.05) is 18.3 Å². The molecule has 1 aromatic carbocycles. The monoisotopic (exact) mass is 380 g/mol. The Morgan fingerprint density at radius 3 is 2.59 bits per heavy atom. The zero-order valence-corrected chi connectivity index (χ0v) is 13.7. The van der Waals surface area contributed by atoms with Gasteiger partial charge in [0.1, 0.15) is 42.0 Å². The Balaban J connectivity index is 1.70. The molecule has 27 heavy (non-hydrogen) atoms. The summed E-state index contributed by atoms with van der Waals surface area (Å²) in [5, 5.41) is 39.0. The third-order valence-electron chi connectivity index (χ3n) is 4.04. The number of aromatic hydroxyl groups is 2. The number of phenolic OH excluding ortho intramolecular Hbond substituents is 2. The van der Waals surface area contributed by atoms with Gasteiger partial charge in [0.15, 0.2) is 6.23 Å². The van der Waals surface area contributed by atoms with Gasteiger partial charge in [-0.2, -0.15) is 0 Å². The molecule has 3 rings (SSSR count). The summed E-state index contributed by atoms with van der Waals surface area (Å²) in [6, 6.07) is 4.33. The minimum atomic E-state index is -1.51. The van der Waals surface area contributed by atoms with E-state index < -0.39 is 54.1 Å². The number of carbonyl (C=O) groups is 1. The predicted molar refractivity (Wildman–Crippen MR) is 87.3 cm³/mol. The SMILES string of the molecule is O=C(OC[C@H]1O[C@@H](n2ccc(=O)[nH]c2=O)[C@H](O)[C@@H]1O)c1ccc(O)cc1O. The Morgan fingerprint density at radius 1 is 1.19 bits per heavy atom. The molecule has 144 valence electrons. The smallest absolute Gasteiger partial charge is 0.342 e. The van der Waals surface area contributed by atoms with Crippen LogP contribution in [0.5, 0.6) is 11.5 Å². The first-order valence-corrected chi connectivity index (χ1v) is 7.80. The van der Waals surface area contributed by atoms with Gasteiger partial charge < -0.3 is 29.9 Å². The molecule has 0 aliphatic carbocycles. The quantitative estimate of drug-likeness (QED) is 0.393. The lowest BCUT2D eigenvalue weighted by molar-refractivity contribution is -0.0599. The first-order valence-electron chi connectivity index (χ1n) is 7.80. The van der Waals surface area contributed by atoms with E-state index in [4.69, 9.17) is 9.47 Å². The fourth-order valence-corrected chi connectivity index (χ4v) is 2.65. The number of ether oxygens (including phenoxy) is 2. The number of hydrogen-bond donors (Lipinski definition) is 5. The van der Waals surface area contributed by atoms with Crippen LogP contribution in [0.4, 0.5) is 0 Å². The van der Waals surface area contributed by atoms with E-state index in [1.165, 1.54) is 6.07 Å². The van der Waals surface area contributed by atoms with Gasteiger partial charge in [-0.1, -0.05) is 0 Å². The Bertz CT molecular complexity index is 967. The van der Waals surface area contributed by atoms with E-state index in [0.717, 1.165) is 29.0 Å². The van der Waals surface area contributed by atoms with Crippen LogP contribution in [0, 0.1) is 0 Å². The van der Waals surface area contributed by atoms with Crippen LogP contribution in [-0.4, -0.2) is 60.9 Å². The van der Waals surface area contributed by atoms with Crippen molar-refractivity contribution >= 4 is 5.97 Å². The standard InChI is InChI=1S/C16H16N2O9/c19-7-1-2-8(9(20)5-7)15(24)26-6-10-12(22)13(23)14(27-10)18-4-3-11(21)17-16(18)25/h1-5,10,12-14,19-20,22-23H,6H2,(H,17,21,25)/t10-,12-,13-,14-/m1/s1. The summed E-state index contributed by atoms with van der Waals surface area (Å²) in [6.45, 7) is -0.480. The van der Waals surface area contributed by atoms with Crippen molar-refractivity contribution in [2.24, 2.45) is 0 Å². The number of benzene rings is 1. The fourth-order valence-electron chi connectivity index (χ4n) is 2.65. The van der Waals surface area contributed by atoms with Crippen molar-refractivity contribution in [1.82, 2.24) is 9.55 Å². The lowest BCUT2D eigenvalue weighted by atomic mass is 10.1. The Morgan fingerprint density at radius 2 is 1.93 bits per heavy atom. The highest BCUT2D eigenvalue weighted by molar-refractivity contribution is 5.92. The summed E-state index contributed by atoms with van der Waals surface area (Å²) < 4.78 is 11.2. The van der Waals surface area contributed by atoms with Crippen molar-refractivity contribution in [3.8, 4) is 11.5 Å². The third-order valence-corrected chi connectivity index (χ3v) is 4.04. The van der Waals surface area contributed by atoms with Crippen LogP contribution in [0.15, 0.2) is 40.1 Å². The summed E-state index contributed by atoms with van der Waals surface area (Å²) in [4.78, 5) is 36.9. The second-order valence-corrected chi connectivity index (χ2v) is 5.86. The molecule has 0 bridgehead atoms. The van der Waals surface area contributed by atoms with Gasteiger partial charge in [0.05, 0.1) is 0 Å². The van der Waals surface area contributed by atoms with Crippen LogP contribution in [-0.2, 0) is 9.47 Å². The molecule has 0 spiro atoms. The Kier molecular flexibility index (Phi) is 4.99. The zero-order chi connectivity index (χ0) is 19.7. The van der Waals surface area contributed by atoms with Gasteiger partial charge >= 0.3 is 11.7 Å². The van der Waals surface area contributed by atoms with E-state index in [9.17, 15) is 34.8 Å². The number of nitrogens with one attached hydrogen (secondary N) is 1. The van der Waals surface area contributed by atoms with Crippen LogP contribution >= 0.6 is 0 Å². The molecular weight excluding hydrogens is 364 g/mol. The fraction of sp³-hybridized carbons (Fsp3) is 0.312. The molecular formula is C16H16N2O9. The molecule has 11 heteroatoms. The van der Waals surface area contributed by atoms with Gasteiger partial charge in [-0.25, -0.2) is 9.59 Å². The normalized spacial score (nSPS) is 24.7. The van der Waals surface area contributed by atoms with Crippen molar-refractivity contribution in [2.45, 2.75) is 24.5 Å². The number of aliphatic hydroxyl groups is 2. The molecule has 2 aromatic rings. The highest BCUT2D eigenvalue weighted by atomic mass is 16.6. The Labute approximate surface area is 150 Å². The molecule has 1 aliphatic rings. The highest BCUT2D eigenvalue weighted by Crippen LogP contribution is 2.29. The van der Waals surface area contributed by atoms with Gasteiger partial charge in [-0.15, -0.1) is 0 Å². The van der Waals surface area contributed by atoms with Crippen LogP contribution in [0.3, 0.4) is 0 Å². The molecule has 1 saturated heterocycles. The average molecular weight is 380 g/mol. The van der Waals surface area contributed by atoms with Gasteiger partial charge in [0.2, 0.25) is 0 Å². The topological polar surface area (TPSA) is 171 Å². The summed E-state index contributed by atoms with van der Waals surface area (Å²) in [7, 11) is 0. The van der Waals surface area contributed by atoms with Crippen LogP contribution in [0.1, 0.15) is 16.6 Å². The summed E-state index contributed by atoms with van der Waals surface area (Å²) in [6.07, 6.45) is -4.35. The molecule has 2 heterocycles. The van der Waals surface area contributed by atoms with E-state index >= 15 is 0 Å². The first kappa shape index (κ1) is 18.6. The van der Waals surface area contributed by atoms with Crippen LogP contribution in [0.2, 0.25) is 0 Å². The molecule has 4 atom stereocenters. The molecule has 0 radical (unpaired) electrons. The number of hydrogen-bond acceptors (Lipinski definition) is 9. The largest absolute Gasteiger partial charge is 0.508 e. The minimum absolute atomic E-state index is 0.214. The van der Waals surface area contributed by atoms with E-state index in [-0.39, 0.29) is 11.3 Å². The molecule has 5 N–H and O–H groups in total. The molecule has 11 nitrogen and oxygen atoms in total. The third kappa shape index (κ3) is 3.69. The molecule has 0 unspecified atom stereocenters. The maximum atomic E-state index is 12.0. The van der Waals surface area contributed by atoms with Crippen molar-refractivity contribution in [2.75, 3.05) is 6.61 Å². The highest BCUT2D eigenvalue weighted by Gasteiger charge is 2.44. The molecule has 0 amide bonds. The second-order valence-electron chi connectivity index (χ2n) is 5.86. The number of carbonyl (C=O) groups excluding carboxylic acids is 1. The lowest BCUT2D eigenvalue weighted by Gasteiger charge is -2.16. The number of rotatable bonds is 4. The number of aliphatic hydroxyl groups excluding tert-OH is 2. The maximum absolute atomic E-state index is 12.0. The van der Waals surface area contributed by atoms with Gasteiger partial charge in [-0.05, 0) is 12.1 Å². The van der Waals surface area contributed by atoms with E-state index in [2.05, 4.69) is 0 Å². The summed E-state index contributed by atoms with van der Waals surface area (Å²) in [5.41, 5.74) is -1.69. The van der Waals surface area contributed by atoms with Crippen LogP contribution in [0.25, 0.3) is 0 Å². The van der Waals surface area contributed by atoms with Crippen molar-refractivity contribution in [3.63, 3.8) is 0 Å². The minimum Gasteiger partial charge on any atom is -0.508 e. The van der Waals surface area contributed by atoms with Gasteiger partial charge in [0.25, 0.3) is 5.56 Å². The number of phenols is 2. The van der Waals surface area contributed by atoms with Gasteiger partial charge in [-0.3, -0.25) is 14.3 Å². The number of nitrogens with zero attached hydrogens (tertiary/aromatic N) is 1. The number of aromatic nitrogens is 2. The first-order chi connectivity index (χ1) is 12.8. The van der Waals surface area contributed by atoms with Crippen molar-refractivity contribution < 1.29 is 34.7 Å².